The maximum Gasteiger partial charge on any atom is 0.274 e. The van der Waals surface area contributed by atoms with E-state index in [2.05, 4.69) is 15.2 Å². The van der Waals surface area contributed by atoms with Crippen molar-refractivity contribution < 1.29 is 13.2 Å². The fourth-order valence-corrected chi connectivity index (χ4v) is 4.21. The summed E-state index contributed by atoms with van der Waals surface area (Å²) in [6.45, 7) is 5.21. The second-order valence-corrected chi connectivity index (χ2v) is 9.07. The first-order chi connectivity index (χ1) is 12.3. The molecule has 2 aromatic heterocycles. The van der Waals surface area contributed by atoms with Gasteiger partial charge in [-0.3, -0.25) is 14.9 Å². The molecule has 0 aliphatic carbocycles. The van der Waals surface area contributed by atoms with Crippen LogP contribution in [0.25, 0.3) is 0 Å². The highest BCUT2D eigenvalue weighted by Gasteiger charge is 2.29. The number of aromatic amines is 1. The average Bonchev–Trinajstić information content (AvgIpc) is 3.11. The van der Waals surface area contributed by atoms with Crippen molar-refractivity contribution in [1.29, 1.82) is 0 Å². The molecule has 1 amide bonds. The van der Waals surface area contributed by atoms with Crippen LogP contribution in [0.4, 0.5) is 0 Å². The number of aromatic nitrogens is 3. The summed E-state index contributed by atoms with van der Waals surface area (Å²) in [4.78, 5) is 19.0. The van der Waals surface area contributed by atoms with Crippen LogP contribution in [0.1, 0.15) is 60.4 Å². The molecular formula is C18H24N4O3S. The van der Waals surface area contributed by atoms with Gasteiger partial charge in [0.2, 0.25) is 0 Å². The number of rotatable bonds is 4. The Labute approximate surface area is 153 Å². The molecular weight excluding hydrogens is 352 g/mol. The van der Waals surface area contributed by atoms with Gasteiger partial charge in [0.15, 0.2) is 9.84 Å². The zero-order valence-corrected chi connectivity index (χ0v) is 16.1. The summed E-state index contributed by atoms with van der Waals surface area (Å²) >= 11 is 0. The number of carbonyl (C=O) groups is 1. The number of nitrogens with one attached hydrogen (secondary N) is 1. The third-order valence-corrected chi connectivity index (χ3v) is 5.95. The van der Waals surface area contributed by atoms with Crippen LogP contribution in [0.5, 0.6) is 0 Å². The Kier molecular flexibility index (Phi) is 5.13. The molecule has 26 heavy (non-hydrogen) atoms. The van der Waals surface area contributed by atoms with Gasteiger partial charge in [-0.05, 0) is 37.0 Å². The number of carbonyl (C=O) groups excluding carboxylic acids is 1. The smallest absolute Gasteiger partial charge is 0.274 e. The maximum atomic E-state index is 12.6. The molecule has 1 fully saturated rings. The van der Waals surface area contributed by atoms with Gasteiger partial charge < -0.3 is 4.90 Å². The quantitative estimate of drug-likeness (QED) is 0.884. The number of piperidine rings is 1. The van der Waals surface area contributed by atoms with Crippen molar-refractivity contribution in [3.8, 4) is 0 Å². The van der Waals surface area contributed by atoms with Crippen molar-refractivity contribution in [1.82, 2.24) is 20.1 Å². The predicted octanol–water partition coefficient (Wildman–Crippen LogP) is 2.35. The van der Waals surface area contributed by atoms with Gasteiger partial charge in [-0.25, -0.2) is 8.42 Å². The van der Waals surface area contributed by atoms with E-state index in [4.69, 9.17) is 0 Å². The van der Waals surface area contributed by atoms with E-state index in [-0.39, 0.29) is 17.7 Å². The van der Waals surface area contributed by atoms with E-state index in [0.29, 0.717) is 42.2 Å². The van der Waals surface area contributed by atoms with Crippen LogP contribution in [0, 0.1) is 0 Å². The average molecular weight is 376 g/mol. The number of H-pyrrole nitrogens is 1. The molecule has 0 spiro atoms. The van der Waals surface area contributed by atoms with E-state index in [1.807, 2.05) is 13.8 Å². The van der Waals surface area contributed by atoms with Crippen molar-refractivity contribution in [2.75, 3.05) is 19.3 Å². The Morgan fingerprint density at radius 1 is 1.31 bits per heavy atom. The zero-order valence-electron chi connectivity index (χ0n) is 15.3. The Balaban J connectivity index is 1.71. The lowest BCUT2D eigenvalue weighted by atomic mass is 9.93. The number of amides is 1. The van der Waals surface area contributed by atoms with Gasteiger partial charge in [-0.15, -0.1) is 0 Å². The molecule has 0 aromatic carbocycles. The largest absolute Gasteiger partial charge is 0.337 e. The molecule has 0 radical (unpaired) electrons. The second kappa shape index (κ2) is 7.19. The third-order valence-electron chi connectivity index (χ3n) is 4.81. The van der Waals surface area contributed by atoms with Crippen LogP contribution >= 0.6 is 0 Å². The molecule has 7 nitrogen and oxygen atoms in total. The highest BCUT2D eigenvalue weighted by atomic mass is 32.2. The minimum absolute atomic E-state index is 0.0374. The number of hydrogen-bond donors (Lipinski definition) is 1. The Hall–Kier alpha value is -2.22. The van der Waals surface area contributed by atoms with E-state index in [9.17, 15) is 13.2 Å². The molecule has 8 heteroatoms. The second-order valence-electron chi connectivity index (χ2n) is 7.09. The standard InChI is InChI=1S/C18H24N4O3S/c1-12(2)14-11-15(21-20-14)18(23)22-9-6-13(7-10-22)17-16(26(3,24)25)5-4-8-19-17/h4-5,8,11-13H,6-7,9-10H2,1-3H3,(H,20,21). The molecule has 2 aromatic rings. The summed E-state index contributed by atoms with van der Waals surface area (Å²) in [6.07, 6.45) is 4.20. The fraction of sp³-hybridized carbons (Fsp3) is 0.500. The lowest BCUT2D eigenvalue weighted by molar-refractivity contribution is 0.0705. The number of sulfone groups is 1. The molecule has 1 aliphatic rings. The highest BCUT2D eigenvalue weighted by molar-refractivity contribution is 7.90. The van der Waals surface area contributed by atoms with E-state index in [1.54, 1.807) is 29.3 Å². The molecule has 0 atom stereocenters. The van der Waals surface area contributed by atoms with Crippen molar-refractivity contribution in [2.24, 2.45) is 0 Å². The van der Waals surface area contributed by atoms with Crippen molar-refractivity contribution >= 4 is 15.7 Å². The van der Waals surface area contributed by atoms with Gasteiger partial charge in [0, 0.05) is 37.2 Å². The van der Waals surface area contributed by atoms with Crippen LogP contribution in [-0.2, 0) is 9.84 Å². The lowest BCUT2D eigenvalue weighted by Gasteiger charge is -2.31. The van der Waals surface area contributed by atoms with Crippen molar-refractivity contribution in [2.45, 2.75) is 43.4 Å². The monoisotopic (exact) mass is 376 g/mol. The summed E-state index contributed by atoms with van der Waals surface area (Å²) in [5, 5.41) is 7.04. The molecule has 0 saturated carbocycles. The van der Waals surface area contributed by atoms with Crippen molar-refractivity contribution in [3.05, 3.63) is 41.5 Å². The highest BCUT2D eigenvalue weighted by Crippen LogP contribution is 2.31. The first kappa shape index (κ1) is 18.6. The Morgan fingerprint density at radius 3 is 2.58 bits per heavy atom. The maximum absolute atomic E-state index is 12.6. The normalized spacial score (nSPS) is 16.2. The summed E-state index contributed by atoms with van der Waals surface area (Å²) in [5.74, 6) is 0.236. The topological polar surface area (TPSA) is 96.0 Å². The van der Waals surface area contributed by atoms with Gasteiger partial charge in [0.25, 0.3) is 5.91 Å². The van der Waals surface area contributed by atoms with Crippen LogP contribution in [0.15, 0.2) is 29.3 Å². The summed E-state index contributed by atoms with van der Waals surface area (Å²) in [7, 11) is -3.32. The van der Waals surface area contributed by atoms with Gasteiger partial charge in [0.1, 0.15) is 5.69 Å². The summed E-state index contributed by atoms with van der Waals surface area (Å²) < 4.78 is 24.0. The van der Waals surface area contributed by atoms with Crippen LogP contribution in [0.2, 0.25) is 0 Å². The number of nitrogens with zero attached hydrogens (tertiary/aromatic N) is 3. The van der Waals surface area contributed by atoms with Crippen LogP contribution in [-0.4, -0.2) is 53.8 Å². The molecule has 140 valence electrons. The predicted molar refractivity (Wildman–Crippen MR) is 97.9 cm³/mol. The van der Waals surface area contributed by atoms with E-state index in [0.717, 1.165) is 5.69 Å². The zero-order chi connectivity index (χ0) is 18.9. The van der Waals surface area contributed by atoms with Gasteiger partial charge in [-0.1, -0.05) is 13.8 Å². The third kappa shape index (κ3) is 3.80. The fourth-order valence-electron chi connectivity index (χ4n) is 3.28. The van der Waals surface area contributed by atoms with Gasteiger partial charge >= 0.3 is 0 Å². The molecule has 0 bridgehead atoms. The molecule has 0 unspecified atom stereocenters. The Morgan fingerprint density at radius 2 is 2.00 bits per heavy atom. The first-order valence-corrected chi connectivity index (χ1v) is 10.7. The summed E-state index contributed by atoms with van der Waals surface area (Å²) in [5.41, 5.74) is 1.99. The molecule has 1 aliphatic heterocycles. The van der Waals surface area contributed by atoms with Crippen molar-refractivity contribution in [3.63, 3.8) is 0 Å². The molecule has 1 N–H and O–H groups in total. The minimum atomic E-state index is -3.32. The molecule has 1 saturated heterocycles. The first-order valence-electron chi connectivity index (χ1n) is 8.77. The minimum Gasteiger partial charge on any atom is -0.337 e. The SMILES string of the molecule is CC(C)c1cc(C(=O)N2CCC(c3ncccc3S(C)(=O)=O)CC2)n[nH]1. The Bertz CT molecular complexity index is 897. The van der Waals surface area contributed by atoms with Crippen LogP contribution in [0.3, 0.4) is 0 Å². The lowest BCUT2D eigenvalue weighted by Crippen LogP contribution is -2.38. The molecule has 3 rings (SSSR count). The van der Waals surface area contributed by atoms with E-state index < -0.39 is 9.84 Å². The molecule has 3 heterocycles. The van der Waals surface area contributed by atoms with E-state index in [1.165, 1.54) is 6.26 Å². The van der Waals surface area contributed by atoms with Crippen LogP contribution < -0.4 is 0 Å². The number of likely N-dealkylation sites (tertiary alicyclic amines) is 1. The number of hydrogen-bond acceptors (Lipinski definition) is 5. The van der Waals surface area contributed by atoms with Gasteiger partial charge in [0.05, 0.1) is 10.6 Å². The summed E-state index contributed by atoms with van der Waals surface area (Å²) in [6, 6.07) is 5.05. The van der Waals surface area contributed by atoms with E-state index >= 15 is 0 Å². The van der Waals surface area contributed by atoms with Gasteiger partial charge in [-0.2, -0.15) is 5.10 Å². The number of pyridine rings is 1.